The molecule has 3 aromatic heterocycles. The van der Waals surface area contributed by atoms with Gasteiger partial charge in [-0.2, -0.15) is 5.10 Å². The lowest BCUT2D eigenvalue weighted by Crippen LogP contribution is -2.50. The van der Waals surface area contributed by atoms with Gasteiger partial charge in [0.2, 0.25) is 5.91 Å². The van der Waals surface area contributed by atoms with E-state index in [9.17, 15) is 9.59 Å². The number of amides is 2. The Kier molecular flexibility index (Phi) is 5.73. The maximum absolute atomic E-state index is 13.1. The van der Waals surface area contributed by atoms with Crippen LogP contribution in [0.1, 0.15) is 41.7 Å². The maximum atomic E-state index is 13.1. The number of hydrogen-bond donors (Lipinski definition) is 1. The number of fused-ring (bicyclic) bond motifs is 1. The van der Waals surface area contributed by atoms with Crippen LogP contribution in [0.3, 0.4) is 0 Å². The molecule has 4 heterocycles. The van der Waals surface area contributed by atoms with Crippen molar-refractivity contribution in [1.29, 1.82) is 0 Å². The van der Waals surface area contributed by atoms with E-state index >= 15 is 0 Å². The van der Waals surface area contributed by atoms with Crippen LogP contribution in [0.2, 0.25) is 0 Å². The fraction of sp³-hybridized carbons (Fsp3) is 0.476. The molecule has 1 aliphatic heterocycles. The number of carbonyl (C=O) groups excluding carboxylic acids is 2. The first kappa shape index (κ1) is 21.0. The smallest absolute Gasteiger partial charge is 0.255 e. The van der Waals surface area contributed by atoms with Crippen LogP contribution >= 0.6 is 0 Å². The molecule has 0 spiro atoms. The van der Waals surface area contributed by atoms with Gasteiger partial charge in [0.25, 0.3) is 5.91 Å². The van der Waals surface area contributed by atoms with Crippen molar-refractivity contribution in [3.05, 3.63) is 35.3 Å². The third kappa shape index (κ3) is 4.43. The molecular weight excluding hydrogens is 398 g/mol. The molecular formula is C21H27N7O3. The maximum Gasteiger partial charge on any atom is 0.255 e. The van der Waals surface area contributed by atoms with Crippen LogP contribution in [-0.2, 0) is 4.79 Å². The molecule has 3 aromatic rings. The van der Waals surface area contributed by atoms with Gasteiger partial charge in [0.1, 0.15) is 5.76 Å². The van der Waals surface area contributed by atoms with Crippen LogP contribution in [0.25, 0.3) is 11.0 Å². The minimum absolute atomic E-state index is 0.0358. The molecule has 2 amide bonds. The summed E-state index contributed by atoms with van der Waals surface area (Å²) < 4.78 is 6.82. The zero-order valence-corrected chi connectivity index (χ0v) is 18.3. The van der Waals surface area contributed by atoms with Gasteiger partial charge in [-0.15, -0.1) is 0 Å². The Hall–Kier alpha value is -3.27. The topological polar surface area (TPSA) is 109 Å². The van der Waals surface area contributed by atoms with Crippen molar-refractivity contribution in [3.8, 4) is 0 Å². The largest absolute Gasteiger partial charge is 0.360 e. The lowest BCUT2D eigenvalue weighted by molar-refractivity contribution is -0.117. The molecule has 1 aliphatic rings. The van der Waals surface area contributed by atoms with Crippen molar-refractivity contribution in [2.45, 2.75) is 33.7 Å². The van der Waals surface area contributed by atoms with Gasteiger partial charge in [-0.25, -0.2) is 9.67 Å². The molecule has 0 unspecified atom stereocenters. The number of rotatable bonds is 5. The van der Waals surface area contributed by atoms with Crippen molar-refractivity contribution in [1.82, 2.24) is 29.7 Å². The molecule has 0 aromatic carbocycles. The molecule has 164 valence electrons. The second kappa shape index (κ2) is 8.46. The quantitative estimate of drug-likeness (QED) is 0.666. The SMILES string of the molecule is Cc1cc(NC(=O)CN2CCN(C(=O)c3cc4cnn(C(C)C)c4nc3C)CC2)no1. The molecule has 10 nitrogen and oxygen atoms in total. The molecule has 0 atom stereocenters. The van der Waals surface area contributed by atoms with E-state index < -0.39 is 0 Å². The van der Waals surface area contributed by atoms with Crippen molar-refractivity contribution in [2.75, 3.05) is 38.0 Å². The molecule has 4 rings (SSSR count). The van der Waals surface area contributed by atoms with Gasteiger partial charge in [0.05, 0.1) is 24.0 Å². The molecule has 0 saturated carbocycles. The van der Waals surface area contributed by atoms with E-state index in [1.54, 1.807) is 19.2 Å². The van der Waals surface area contributed by atoms with E-state index in [0.717, 1.165) is 11.0 Å². The summed E-state index contributed by atoms with van der Waals surface area (Å²) in [5.41, 5.74) is 2.09. The average molecular weight is 425 g/mol. The lowest BCUT2D eigenvalue weighted by atomic mass is 10.1. The highest BCUT2D eigenvalue weighted by atomic mass is 16.5. The molecule has 10 heteroatoms. The van der Waals surface area contributed by atoms with Crippen LogP contribution in [-0.4, -0.2) is 74.3 Å². The number of pyridine rings is 1. The first-order valence-electron chi connectivity index (χ1n) is 10.4. The molecule has 0 radical (unpaired) electrons. The molecule has 0 aliphatic carbocycles. The van der Waals surface area contributed by atoms with Gasteiger partial charge in [-0.05, 0) is 33.8 Å². The number of piperazine rings is 1. The summed E-state index contributed by atoms with van der Waals surface area (Å²) in [6, 6.07) is 3.75. The van der Waals surface area contributed by atoms with Gasteiger partial charge >= 0.3 is 0 Å². The molecule has 1 N–H and O–H groups in total. The zero-order chi connectivity index (χ0) is 22.1. The number of carbonyl (C=O) groups is 2. The molecule has 31 heavy (non-hydrogen) atoms. The van der Waals surface area contributed by atoms with E-state index in [1.165, 1.54) is 0 Å². The Morgan fingerprint density at radius 1 is 1.16 bits per heavy atom. The highest BCUT2D eigenvalue weighted by Crippen LogP contribution is 2.21. The summed E-state index contributed by atoms with van der Waals surface area (Å²) in [6.07, 6.45) is 1.76. The number of nitrogens with zero attached hydrogens (tertiary/aromatic N) is 6. The molecule has 1 fully saturated rings. The standard InChI is InChI=1S/C21H27N7O3/c1-13(2)28-20-16(11-22-28)10-17(15(4)23-20)21(30)27-7-5-26(6-8-27)12-19(29)24-18-9-14(3)31-25-18/h9-11,13H,5-8,12H2,1-4H3,(H,24,25,29). The Bertz CT molecular complexity index is 1110. The van der Waals surface area contributed by atoms with Crippen LogP contribution in [0.4, 0.5) is 5.82 Å². The number of aryl methyl sites for hydroxylation is 2. The van der Waals surface area contributed by atoms with E-state index in [-0.39, 0.29) is 24.4 Å². The van der Waals surface area contributed by atoms with E-state index in [1.807, 2.05) is 27.5 Å². The highest BCUT2D eigenvalue weighted by molar-refractivity contribution is 5.98. The van der Waals surface area contributed by atoms with Gasteiger partial charge in [-0.3, -0.25) is 14.5 Å². The Labute approximate surface area is 180 Å². The minimum atomic E-state index is -0.152. The average Bonchev–Trinajstić information content (AvgIpc) is 3.32. The van der Waals surface area contributed by atoms with Gasteiger partial charge < -0.3 is 14.7 Å². The summed E-state index contributed by atoms with van der Waals surface area (Å²) in [5.74, 6) is 0.865. The fourth-order valence-corrected chi connectivity index (χ4v) is 3.75. The van der Waals surface area contributed by atoms with Gasteiger partial charge in [-0.1, -0.05) is 5.16 Å². The van der Waals surface area contributed by atoms with Crippen molar-refractivity contribution >= 4 is 28.7 Å². The third-order valence-corrected chi connectivity index (χ3v) is 5.40. The first-order valence-corrected chi connectivity index (χ1v) is 10.4. The highest BCUT2D eigenvalue weighted by Gasteiger charge is 2.25. The fourth-order valence-electron chi connectivity index (χ4n) is 3.75. The van der Waals surface area contributed by atoms with E-state index in [4.69, 9.17) is 4.52 Å². The second-order valence-corrected chi connectivity index (χ2v) is 8.16. The minimum Gasteiger partial charge on any atom is -0.360 e. The van der Waals surface area contributed by atoms with E-state index in [2.05, 4.69) is 34.4 Å². The third-order valence-electron chi connectivity index (χ3n) is 5.40. The predicted molar refractivity (Wildman–Crippen MR) is 115 cm³/mol. The predicted octanol–water partition coefficient (Wildman–Crippen LogP) is 2.01. The first-order chi connectivity index (χ1) is 14.8. The van der Waals surface area contributed by atoms with Gasteiger partial charge in [0, 0.05) is 43.7 Å². The Balaban J connectivity index is 1.37. The summed E-state index contributed by atoms with van der Waals surface area (Å²) in [4.78, 5) is 33.8. The van der Waals surface area contributed by atoms with Crippen LogP contribution < -0.4 is 5.32 Å². The normalized spacial score (nSPS) is 15.1. The number of hydrogen-bond acceptors (Lipinski definition) is 7. The Morgan fingerprint density at radius 2 is 1.90 bits per heavy atom. The van der Waals surface area contributed by atoms with Crippen LogP contribution in [0, 0.1) is 13.8 Å². The number of nitrogens with one attached hydrogen (secondary N) is 1. The van der Waals surface area contributed by atoms with Crippen molar-refractivity contribution < 1.29 is 14.1 Å². The van der Waals surface area contributed by atoms with E-state index in [0.29, 0.717) is 49.0 Å². The van der Waals surface area contributed by atoms with Crippen molar-refractivity contribution in [3.63, 3.8) is 0 Å². The zero-order valence-electron chi connectivity index (χ0n) is 18.3. The summed E-state index contributed by atoms with van der Waals surface area (Å²) >= 11 is 0. The van der Waals surface area contributed by atoms with Crippen molar-refractivity contribution in [2.24, 2.45) is 0 Å². The number of anilines is 1. The summed E-state index contributed by atoms with van der Waals surface area (Å²) in [6.45, 7) is 10.3. The Morgan fingerprint density at radius 3 is 2.55 bits per heavy atom. The molecule has 1 saturated heterocycles. The second-order valence-electron chi connectivity index (χ2n) is 8.16. The molecule has 0 bridgehead atoms. The summed E-state index contributed by atoms with van der Waals surface area (Å²) in [5, 5.41) is 11.7. The van der Waals surface area contributed by atoms with Gasteiger partial charge in [0.15, 0.2) is 11.5 Å². The van der Waals surface area contributed by atoms with Crippen LogP contribution in [0.5, 0.6) is 0 Å². The monoisotopic (exact) mass is 425 g/mol. The lowest BCUT2D eigenvalue weighted by Gasteiger charge is -2.34. The van der Waals surface area contributed by atoms with Crippen LogP contribution in [0.15, 0.2) is 22.9 Å². The number of aromatic nitrogens is 4. The summed E-state index contributed by atoms with van der Waals surface area (Å²) in [7, 11) is 0.